The number of esters is 1. The Kier molecular flexibility index (Phi) is 20.9. The van der Waals surface area contributed by atoms with Gasteiger partial charge in [-0.1, -0.05) is 70.4 Å². The number of rotatable bonds is 24. The fourth-order valence-corrected chi connectivity index (χ4v) is 4.10. The van der Waals surface area contributed by atoms with E-state index in [2.05, 4.69) is 19.1 Å². The lowest BCUT2D eigenvalue weighted by Crippen LogP contribution is -2.37. The molecule has 0 spiro atoms. The van der Waals surface area contributed by atoms with E-state index in [9.17, 15) is 19.4 Å². The van der Waals surface area contributed by atoms with E-state index in [1.54, 1.807) is 0 Å². The molecule has 0 aliphatic carbocycles. The van der Waals surface area contributed by atoms with Crippen LogP contribution >= 0.6 is 7.82 Å². The second-order valence-electron chi connectivity index (χ2n) is 10.2. The van der Waals surface area contributed by atoms with E-state index in [4.69, 9.17) is 13.8 Å². The minimum atomic E-state index is -4.26. The molecule has 1 unspecified atom stereocenters. The van der Waals surface area contributed by atoms with Gasteiger partial charge >= 0.3 is 13.8 Å². The number of phosphoric ester groups is 1. The fraction of sp³-hybridized carbons (Fsp3) is 0.885. The number of carbonyl (C=O) groups excluding carboxylic acids is 1. The van der Waals surface area contributed by atoms with Crippen LogP contribution in [0.4, 0.5) is 0 Å². The monoisotopic (exact) mass is 522 g/mol. The summed E-state index contributed by atoms with van der Waals surface area (Å²) in [6.07, 6.45) is 19.2. The average molecular weight is 523 g/mol. The summed E-state index contributed by atoms with van der Waals surface area (Å²) in [5, 5.41) is 9.38. The fourth-order valence-electron chi connectivity index (χ4n) is 3.35. The molecular weight excluding hydrogens is 469 g/mol. The van der Waals surface area contributed by atoms with Crippen LogP contribution in [0.1, 0.15) is 96.8 Å². The zero-order valence-corrected chi connectivity index (χ0v) is 23.7. The van der Waals surface area contributed by atoms with Gasteiger partial charge in [0, 0.05) is 6.42 Å². The van der Waals surface area contributed by atoms with Crippen molar-refractivity contribution in [1.82, 2.24) is 0 Å². The molecule has 0 saturated heterocycles. The van der Waals surface area contributed by atoms with Gasteiger partial charge in [0.2, 0.25) is 0 Å². The maximum Gasteiger partial charge on any atom is 0.472 e. The van der Waals surface area contributed by atoms with Crippen molar-refractivity contribution in [3.8, 4) is 0 Å². The van der Waals surface area contributed by atoms with Crippen molar-refractivity contribution in [2.75, 3.05) is 47.5 Å². The first-order valence-corrected chi connectivity index (χ1v) is 15.0. The van der Waals surface area contributed by atoms with Crippen LogP contribution in [0.25, 0.3) is 0 Å². The van der Waals surface area contributed by atoms with Crippen molar-refractivity contribution >= 4 is 13.8 Å². The van der Waals surface area contributed by atoms with Crippen LogP contribution in [0.2, 0.25) is 0 Å². The number of allylic oxidation sites excluding steroid dienone is 2. The van der Waals surface area contributed by atoms with Gasteiger partial charge in [-0.25, -0.2) is 4.57 Å². The van der Waals surface area contributed by atoms with Gasteiger partial charge in [0.1, 0.15) is 19.3 Å². The number of hydrogen-bond donors (Lipinski definition) is 2. The van der Waals surface area contributed by atoms with E-state index in [-0.39, 0.29) is 13.0 Å². The molecule has 2 N–H and O–H groups in total. The van der Waals surface area contributed by atoms with Crippen molar-refractivity contribution in [3.63, 3.8) is 0 Å². The number of nitrogens with zero attached hydrogens (tertiary/aromatic N) is 1. The number of quaternary nitrogens is 1. The Morgan fingerprint density at radius 3 is 1.97 bits per heavy atom. The topological polar surface area (TPSA) is 102 Å². The van der Waals surface area contributed by atoms with Gasteiger partial charge in [-0.05, 0) is 32.1 Å². The van der Waals surface area contributed by atoms with E-state index < -0.39 is 33.1 Å². The summed E-state index contributed by atoms with van der Waals surface area (Å²) in [5.41, 5.74) is 0. The summed E-state index contributed by atoms with van der Waals surface area (Å²) < 4.78 is 27.4. The molecule has 0 amide bonds. The number of aliphatic hydroxyl groups is 1. The van der Waals surface area contributed by atoms with Gasteiger partial charge in [0.15, 0.2) is 0 Å². The Labute approximate surface area is 214 Å². The van der Waals surface area contributed by atoms with Gasteiger partial charge in [-0.3, -0.25) is 13.8 Å². The molecule has 0 rings (SSSR count). The van der Waals surface area contributed by atoms with E-state index >= 15 is 0 Å². The van der Waals surface area contributed by atoms with E-state index in [1.807, 2.05) is 21.1 Å². The maximum absolute atomic E-state index is 12.0. The molecular formula is C26H53NO7P+. The quantitative estimate of drug-likeness (QED) is 0.0546. The molecule has 0 saturated carbocycles. The molecule has 0 radical (unpaired) electrons. The molecule has 8 nitrogen and oxygen atoms in total. The van der Waals surface area contributed by atoms with Crippen LogP contribution in [-0.2, 0) is 23.1 Å². The van der Waals surface area contributed by atoms with E-state index in [1.165, 1.54) is 51.4 Å². The van der Waals surface area contributed by atoms with Crippen molar-refractivity contribution in [2.45, 2.75) is 103 Å². The largest absolute Gasteiger partial charge is 0.472 e. The third-order valence-corrected chi connectivity index (χ3v) is 6.57. The van der Waals surface area contributed by atoms with Gasteiger partial charge in [-0.15, -0.1) is 0 Å². The van der Waals surface area contributed by atoms with Crippen LogP contribution in [0.15, 0.2) is 12.2 Å². The Hall–Kier alpha value is -0.760. The molecule has 2 atom stereocenters. The van der Waals surface area contributed by atoms with E-state index in [0.717, 1.165) is 32.1 Å². The SMILES string of the molecule is CCCCCCCC/C=C\CCCCCCCC(=O)O[C@H](CO)COP(=O)(O)OCC[N+](C)(C)C. The van der Waals surface area contributed by atoms with Gasteiger partial charge < -0.3 is 19.2 Å². The summed E-state index contributed by atoms with van der Waals surface area (Å²) in [6.45, 7) is 1.94. The molecule has 0 aromatic carbocycles. The molecule has 0 aromatic heterocycles. The van der Waals surface area contributed by atoms with Crippen LogP contribution in [0, 0.1) is 0 Å². The maximum atomic E-state index is 12.0. The smallest absolute Gasteiger partial charge is 0.457 e. The molecule has 35 heavy (non-hydrogen) atoms. The highest BCUT2D eigenvalue weighted by molar-refractivity contribution is 7.47. The number of ether oxygens (including phenoxy) is 1. The van der Waals surface area contributed by atoms with Gasteiger partial charge in [0.25, 0.3) is 0 Å². The zero-order chi connectivity index (χ0) is 26.4. The van der Waals surface area contributed by atoms with Crippen LogP contribution < -0.4 is 0 Å². The van der Waals surface area contributed by atoms with Crippen molar-refractivity contribution in [3.05, 3.63) is 12.2 Å². The number of aliphatic hydroxyl groups excluding tert-OH is 1. The average Bonchev–Trinajstić information content (AvgIpc) is 2.78. The first kappa shape index (κ1) is 34.2. The number of likely N-dealkylation sites (N-methyl/N-ethyl adjacent to an activating group) is 1. The Balaban J connectivity index is 3.75. The lowest BCUT2D eigenvalue weighted by atomic mass is 10.1. The summed E-state index contributed by atoms with van der Waals surface area (Å²) in [5.74, 6) is -0.441. The molecule has 0 heterocycles. The molecule has 0 aliphatic rings. The minimum Gasteiger partial charge on any atom is -0.457 e. The van der Waals surface area contributed by atoms with Crippen LogP contribution in [-0.4, -0.2) is 74.1 Å². The molecule has 0 bridgehead atoms. The summed E-state index contributed by atoms with van der Waals surface area (Å²) in [4.78, 5) is 21.7. The number of carbonyl (C=O) groups is 1. The normalized spacial score (nSPS) is 14.8. The lowest BCUT2D eigenvalue weighted by molar-refractivity contribution is -0.870. The van der Waals surface area contributed by atoms with Crippen molar-refractivity contribution < 1.29 is 37.6 Å². The molecule has 0 aliphatic heterocycles. The first-order chi connectivity index (χ1) is 16.6. The summed E-state index contributed by atoms with van der Waals surface area (Å²) in [7, 11) is 1.54. The molecule has 0 fully saturated rings. The molecule has 208 valence electrons. The van der Waals surface area contributed by atoms with Crippen LogP contribution in [0.3, 0.4) is 0 Å². The highest BCUT2D eigenvalue weighted by Gasteiger charge is 2.25. The van der Waals surface area contributed by atoms with Crippen molar-refractivity contribution in [2.24, 2.45) is 0 Å². The third-order valence-electron chi connectivity index (χ3n) is 5.58. The first-order valence-electron chi connectivity index (χ1n) is 13.5. The minimum absolute atomic E-state index is 0.0519. The zero-order valence-electron chi connectivity index (χ0n) is 22.8. The lowest BCUT2D eigenvalue weighted by Gasteiger charge is -2.24. The highest BCUT2D eigenvalue weighted by atomic mass is 31.2. The van der Waals surface area contributed by atoms with Crippen molar-refractivity contribution in [1.29, 1.82) is 0 Å². The molecule has 0 aromatic rings. The predicted molar refractivity (Wildman–Crippen MR) is 141 cm³/mol. The van der Waals surface area contributed by atoms with Gasteiger partial charge in [-0.2, -0.15) is 0 Å². The van der Waals surface area contributed by atoms with Crippen LogP contribution in [0.5, 0.6) is 0 Å². The highest BCUT2D eigenvalue weighted by Crippen LogP contribution is 2.43. The number of unbranched alkanes of at least 4 members (excludes halogenated alkanes) is 11. The Bertz CT molecular complexity index is 593. The third kappa shape index (κ3) is 24.7. The number of phosphoric acid groups is 1. The van der Waals surface area contributed by atoms with Gasteiger partial charge in [0.05, 0.1) is 34.4 Å². The number of hydrogen-bond acceptors (Lipinski definition) is 6. The van der Waals surface area contributed by atoms with E-state index in [0.29, 0.717) is 11.0 Å². The molecule has 9 heteroatoms. The Morgan fingerprint density at radius 1 is 0.886 bits per heavy atom. The summed E-state index contributed by atoms with van der Waals surface area (Å²) in [6, 6.07) is 0. The Morgan fingerprint density at radius 2 is 1.43 bits per heavy atom. The standard InChI is InChI=1S/C26H52NO7P/c1-5-6-7-8-9-10-11-12-13-14-15-16-17-18-19-20-26(29)34-25(23-28)24-33-35(30,31)32-22-21-27(2,3)4/h12-13,25,28H,5-11,14-24H2,1-4H3/p+1/b13-12-/t25-/m1/s1. The predicted octanol–water partition coefficient (Wildman–Crippen LogP) is 5.77. The second-order valence-corrected chi connectivity index (χ2v) is 11.7. The summed E-state index contributed by atoms with van der Waals surface area (Å²) >= 11 is 0. The second kappa shape index (κ2) is 21.3.